The van der Waals surface area contributed by atoms with Gasteiger partial charge in [0.25, 0.3) is 0 Å². The van der Waals surface area contributed by atoms with Crippen molar-refractivity contribution in [2.24, 2.45) is 0 Å². The monoisotopic (exact) mass is 223 g/mol. The minimum Gasteiger partial charge on any atom is -0.442 e. The van der Waals surface area contributed by atoms with Crippen molar-refractivity contribution >= 4 is 16.1 Å². The van der Waals surface area contributed by atoms with Gasteiger partial charge < -0.3 is 9.64 Å². The van der Waals surface area contributed by atoms with Crippen LogP contribution in [0, 0.1) is 0 Å². The lowest BCUT2D eigenvalue weighted by molar-refractivity contribution is -0.153. The molecule has 2 atom stereocenters. The van der Waals surface area contributed by atoms with Crippen LogP contribution in [0.25, 0.3) is 0 Å². The van der Waals surface area contributed by atoms with E-state index in [0.29, 0.717) is 6.42 Å². The minimum atomic E-state index is -4.34. The zero-order chi connectivity index (χ0) is 10.9. The molecule has 14 heavy (non-hydrogen) atoms. The summed E-state index contributed by atoms with van der Waals surface area (Å²) in [4.78, 5) is 12.5. The summed E-state index contributed by atoms with van der Waals surface area (Å²) < 4.78 is 35.3. The summed E-state index contributed by atoms with van der Waals surface area (Å²) in [7, 11) is -1.00. The fourth-order valence-corrected chi connectivity index (χ4v) is 2.44. The van der Waals surface area contributed by atoms with Gasteiger partial charge in [-0.25, -0.2) is 0 Å². The second-order valence-corrected chi connectivity index (χ2v) is 4.94. The third kappa shape index (κ3) is 2.43. The highest BCUT2D eigenvalue weighted by molar-refractivity contribution is 7.86. The van der Waals surface area contributed by atoms with Gasteiger partial charge in [-0.3, -0.25) is 9.35 Å². The number of ether oxygens (including phenoxy) is 1. The maximum absolute atomic E-state index is 10.9. The van der Waals surface area contributed by atoms with Crippen LogP contribution in [0.3, 0.4) is 0 Å². The maximum Gasteiger partial charge on any atom is 0.307 e. The average molecular weight is 223 g/mol. The summed E-state index contributed by atoms with van der Waals surface area (Å²) >= 11 is 0. The molecule has 0 spiro atoms. The molecule has 1 aliphatic rings. The fourth-order valence-electron chi connectivity index (χ4n) is 1.43. The summed E-state index contributed by atoms with van der Waals surface area (Å²) in [6.07, 6.45) is 0.547. The summed E-state index contributed by atoms with van der Waals surface area (Å²) in [5.41, 5.74) is -1.46. The highest BCUT2D eigenvalue weighted by Gasteiger charge is 2.40. The van der Waals surface area contributed by atoms with Gasteiger partial charge in [-0.1, -0.05) is 0 Å². The number of rotatable bonds is 2. The maximum atomic E-state index is 10.9. The van der Waals surface area contributed by atoms with Crippen molar-refractivity contribution in [3.05, 3.63) is 0 Å². The molecule has 0 aromatic rings. The molecule has 0 bridgehead atoms. The van der Waals surface area contributed by atoms with Crippen LogP contribution in [-0.2, 0) is 19.6 Å². The Kier molecular flexibility index (Phi) is 3.13. The first-order valence-corrected chi connectivity index (χ1v) is 5.65. The zero-order valence-electron chi connectivity index (χ0n) is 8.00. The van der Waals surface area contributed by atoms with Crippen molar-refractivity contribution in [1.82, 2.24) is 4.90 Å². The highest BCUT2D eigenvalue weighted by atomic mass is 32.2. The van der Waals surface area contributed by atoms with E-state index >= 15 is 0 Å². The van der Waals surface area contributed by atoms with Crippen LogP contribution in [0.4, 0.5) is 0 Å². The van der Waals surface area contributed by atoms with Crippen molar-refractivity contribution in [1.29, 1.82) is 0 Å². The molecule has 82 valence electrons. The molecule has 0 aliphatic carbocycles. The van der Waals surface area contributed by atoms with E-state index in [1.54, 1.807) is 19.0 Å². The Balaban J connectivity index is 2.90. The first-order chi connectivity index (χ1) is 6.32. The van der Waals surface area contributed by atoms with Gasteiger partial charge in [-0.15, -0.1) is 0 Å². The Bertz CT molecular complexity index is 323. The third-order valence-electron chi connectivity index (χ3n) is 2.16. The van der Waals surface area contributed by atoms with Crippen molar-refractivity contribution in [2.45, 2.75) is 24.3 Å². The van der Waals surface area contributed by atoms with E-state index in [9.17, 15) is 13.2 Å². The Hall–Kier alpha value is -0.660. The van der Waals surface area contributed by atoms with Crippen LogP contribution >= 0.6 is 0 Å². The molecule has 0 radical (unpaired) electrons. The molecule has 1 N–H and O–H groups in total. The molecule has 0 aromatic heterocycles. The third-order valence-corrected chi connectivity index (χ3v) is 3.16. The number of hydrogen-bond acceptors (Lipinski definition) is 5. The number of nitrogens with zero attached hydrogens (tertiary/aromatic N) is 1. The van der Waals surface area contributed by atoms with Crippen molar-refractivity contribution in [3.63, 3.8) is 0 Å². The molecular formula is C7H13NO5S. The second kappa shape index (κ2) is 3.84. The first-order valence-electron chi connectivity index (χ1n) is 4.14. The van der Waals surface area contributed by atoms with E-state index in [1.807, 2.05) is 0 Å². The van der Waals surface area contributed by atoms with Gasteiger partial charge in [0.1, 0.15) is 0 Å². The van der Waals surface area contributed by atoms with Crippen LogP contribution in [0.15, 0.2) is 0 Å². The largest absolute Gasteiger partial charge is 0.442 e. The van der Waals surface area contributed by atoms with Gasteiger partial charge in [-0.2, -0.15) is 8.42 Å². The molecule has 7 heteroatoms. The van der Waals surface area contributed by atoms with Gasteiger partial charge in [0.15, 0.2) is 0 Å². The van der Waals surface area contributed by atoms with E-state index in [0.717, 1.165) is 0 Å². The number of cyclic esters (lactones) is 1. The fraction of sp³-hybridized carbons (Fsp3) is 0.857. The SMILES string of the molecule is CN(C)C1CCC(=O)OC1S(=O)(=O)O. The number of hydrogen-bond donors (Lipinski definition) is 1. The normalized spacial score (nSPS) is 29.0. The summed E-state index contributed by atoms with van der Waals surface area (Å²) in [5, 5.41) is 0. The summed E-state index contributed by atoms with van der Waals surface area (Å²) in [6, 6.07) is -0.484. The molecular weight excluding hydrogens is 210 g/mol. The van der Waals surface area contributed by atoms with Gasteiger partial charge >= 0.3 is 16.1 Å². The summed E-state index contributed by atoms with van der Waals surface area (Å²) in [5.74, 6) is -0.592. The van der Waals surface area contributed by atoms with Crippen LogP contribution in [0.1, 0.15) is 12.8 Å². The van der Waals surface area contributed by atoms with Crippen molar-refractivity contribution < 1.29 is 22.5 Å². The Morgan fingerprint density at radius 3 is 2.50 bits per heavy atom. The Morgan fingerprint density at radius 2 is 2.07 bits per heavy atom. The molecule has 0 saturated carbocycles. The highest BCUT2D eigenvalue weighted by Crippen LogP contribution is 2.22. The Labute approximate surface area is 82.6 Å². The summed E-state index contributed by atoms with van der Waals surface area (Å²) in [6.45, 7) is 0. The number of likely N-dealkylation sites (N-methyl/N-ethyl adjacent to an activating group) is 1. The lowest BCUT2D eigenvalue weighted by Crippen LogP contribution is -2.49. The van der Waals surface area contributed by atoms with Crippen LogP contribution < -0.4 is 0 Å². The standard InChI is InChI=1S/C7H13NO5S/c1-8(2)5-3-4-6(9)13-7(5)14(10,11)12/h5,7H,3-4H2,1-2H3,(H,10,11,12). The van der Waals surface area contributed by atoms with Crippen LogP contribution in [-0.4, -0.2) is 49.4 Å². The lowest BCUT2D eigenvalue weighted by atomic mass is 10.1. The molecule has 0 aromatic carbocycles. The molecule has 1 rings (SSSR count). The molecule has 1 saturated heterocycles. The van der Waals surface area contributed by atoms with Crippen LogP contribution in [0.5, 0.6) is 0 Å². The van der Waals surface area contributed by atoms with Gasteiger partial charge in [0.2, 0.25) is 5.44 Å². The van der Waals surface area contributed by atoms with E-state index in [2.05, 4.69) is 4.74 Å². The van der Waals surface area contributed by atoms with E-state index in [4.69, 9.17) is 4.55 Å². The Morgan fingerprint density at radius 1 is 1.50 bits per heavy atom. The number of carbonyl (C=O) groups is 1. The predicted molar refractivity (Wildman–Crippen MR) is 48.1 cm³/mol. The van der Waals surface area contributed by atoms with Crippen molar-refractivity contribution in [2.75, 3.05) is 14.1 Å². The van der Waals surface area contributed by atoms with E-state index in [1.165, 1.54) is 0 Å². The molecule has 6 nitrogen and oxygen atoms in total. The number of esters is 1. The zero-order valence-corrected chi connectivity index (χ0v) is 8.82. The van der Waals surface area contributed by atoms with E-state index in [-0.39, 0.29) is 6.42 Å². The molecule has 0 amide bonds. The van der Waals surface area contributed by atoms with Gasteiger partial charge in [-0.05, 0) is 20.5 Å². The second-order valence-electron chi connectivity index (χ2n) is 3.44. The minimum absolute atomic E-state index is 0.175. The van der Waals surface area contributed by atoms with Gasteiger partial charge in [0, 0.05) is 6.42 Å². The van der Waals surface area contributed by atoms with Gasteiger partial charge in [0.05, 0.1) is 6.04 Å². The van der Waals surface area contributed by atoms with E-state index < -0.39 is 27.6 Å². The first kappa shape index (κ1) is 11.4. The molecule has 2 unspecified atom stereocenters. The lowest BCUT2D eigenvalue weighted by Gasteiger charge is -2.33. The average Bonchev–Trinajstić information content (AvgIpc) is 2.01. The quantitative estimate of drug-likeness (QED) is 0.500. The molecule has 1 fully saturated rings. The topological polar surface area (TPSA) is 83.9 Å². The molecule has 1 aliphatic heterocycles. The predicted octanol–water partition coefficient (Wildman–Crippen LogP) is -0.532. The van der Waals surface area contributed by atoms with Crippen molar-refractivity contribution in [3.8, 4) is 0 Å². The smallest absolute Gasteiger partial charge is 0.307 e. The van der Waals surface area contributed by atoms with Crippen LogP contribution in [0.2, 0.25) is 0 Å². The number of carbonyl (C=O) groups excluding carboxylic acids is 1. The molecule has 1 heterocycles.